The molecular formula is C12H14N2O2S. The number of hydrogen-bond acceptors (Lipinski definition) is 4. The predicted octanol–water partition coefficient (Wildman–Crippen LogP) is 2.40. The Balaban J connectivity index is 2.17. The SMILES string of the molecule is COC(=O)c1ccc(Cn2nc(C)cc2C)s1. The summed E-state index contributed by atoms with van der Waals surface area (Å²) in [5.74, 6) is -0.283. The van der Waals surface area contributed by atoms with Gasteiger partial charge in [0.1, 0.15) is 4.88 Å². The number of aryl methyl sites for hydroxylation is 2. The van der Waals surface area contributed by atoms with Crippen LogP contribution in [0.25, 0.3) is 0 Å². The van der Waals surface area contributed by atoms with Gasteiger partial charge in [0.25, 0.3) is 0 Å². The molecule has 4 nitrogen and oxygen atoms in total. The molecule has 0 aliphatic rings. The number of nitrogens with zero attached hydrogens (tertiary/aromatic N) is 2. The Morgan fingerprint density at radius 1 is 1.47 bits per heavy atom. The first-order valence-electron chi connectivity index (χ1n) is 5.28. The lowest BCUT2D eigenvalue weighted by atomic mass is 10.4. The van der Waals surface area contributed by atoms with E-state index >= 15 is 0 Å². The molecule has 0 saturated carbocycles. The number of hydrogen-bond donors (Lipinski definition) is 0. The Morgan fingerprint density at radius 2 is 2.24 bits per heavy atom. The summed E-state index contributed by atoms with van der Waals surface area (Å²) in [5.41, 5.74) is 2.13. The van der Waals surface area contributed by atoms with Crippen molar-refractivity contribution in [1.29, 1.82) is 0 Å². The van der Waals surface area contributed by atoms with Crippen molar-refractivity contribution in [2.24, 2.45) is 0 Å². The summed E-state index contributed by atoms with van der Waals surface area (Å²) in [6.45, 7) is 4.69. The minimum Gasteiger partial charge on any atom is -0.465 e. The standard InChI is InChI=1S/C12H14N2O2S/c1-8-6-9(2)14(13-8)7-10-4-5-11(17-10)12(15)16-3/h4-6H,7H2,1-3H3. The van der Waals surface area contributed by atoms with Gasteiger partial charge in [-0.2, -0.15) is 5.10 Å². The summed E-state index contributed by atoms with van der Waals surface area (Å²) >= 11 is 1.44. The molecule has 0 unspecified atom stereocenters. The quantitative estimate of drug-likeness (QED) is 0.786. The fraction of sp³-hybridized carbons (Fsp3) is 0.333. The second-order valence-corrected chi connectivity index (χ2v) is 5.01. The Bertz CT molecular complexity index is 542. The van der Waals surface area contributed by atoms with E-state index in [9.17, 15) is 4.79 Å². The minimum atomic E-state index is -0.283. The zero-order chi connectivity index (χ0) is 12.4. The lowest BCUT2D eigenvalue weighted by Crippen LogP contribution is -2.02. The van der Waals surface area contributed by atoms with E-state index in [1.807, 2.05) is 30.7 Å². The van der Waals surface area contributed by atoms with Gasteiger partial charge < -0.3 is 4.74 Å². The number of esters is 1. The van der Waals surface area contributed by atoms with E-state index in [-0.39, 0.29) is 5.97 Å². The third-order valence-corrected chi connectivity index (χ3v) is 3.51. The van der Waals surface area contributed by atoms with Gasteiger partial charge in [-0.1, -0.05) is 0 Å². The van der Waals surface area contributed by atoms with E-state index in [1.165, 1.54) is 18.4 Å². The fourth-order valence-electron chi connectivity index (χ4n) is 1.66. The molecule has 0 aliphatic heterocycles. The summed E-state index contributed by atoms with van der Waals surface area (Å²) in [6, 6.07) is 5.76. The van der Waals surface area contributed by atoms with Crippen molar-refractivity contribution in [1.82, 2.24) is 9.78 Å². The Morgan fingerprint density at radius 3 is 2.82 bits per heavy atom. The van der Waals surface area contributed by atoms with Crippen molar-refractivity contribution in [2.45, 2.75) is 20.4 Å². The van der Waals surface area contributed by atoms with Crippen molar-refractivity contribution in [3.05, 3.63) is 39.3 Å². The lowest BCUT2D eigenvalue weighted by molar-refractivity contribution is 0.0606. The molecule has 0 aliphatic carbocycles. The molecule has 0 N–H and O–H groups in total. The fourth-order valence-corrected chi connectivity index (χ4v) is 2.56. The molecule has 17 heavy (non-hydrogen) atoms. The first kappa shape index (κ1) is 11.9. The molecule has 0 saturated heterocycles. The van der Waals surface area contributed by atoms with Crippen LogP contribution in [0, 0.1) is 13.8 Å². The highest BCUT2D eigenvalue weighted by molar-refractivity contribution is 7.13. The van der Waals surface area contributed by atoms with Gasteiger partial charge in [-0.05, 0) is 32.0 Å². The maximum absolute atomic E-state index is 11.3. The third-order valence-electron chi connectivity index (χ3n) is 2.46. The van der Waals surface area contributed by atoms with Crippen LogP contribution in [-0.2, 0) is 11.3 Å². The first-order valence-corrected chi connectivity index (χ1v) is 6.10. The summed E-state index contributed by atoms with van der Waals surface area (Å²) in [5, 5.41) is 4.39. The molecule has 0 amide bonds. The number of thiophene rings is 1. The highest BCUT2D eigenvalue weighted by atomic mass is 32.1. The predicted molar refractivity (Wildman–Crippen MR) is 66.5 cm³/mol. The monoisotopic (exact) mass is 250 g/mol. The van der Waals surface area contributed by atoms with E-state index in [2.05, 4.69) is 9.84 Å². The molecule has 0 atom stereocenters. The summed E-state index contributed by atoms with van der Waals surface area (Å²) in [4.78, 5) is 13.0. The Labute approximate surface area is 104 Å². The normalized spacial score (nSPS) is 10.5. The number of rotatable bonds is 3. The van der Waals surface area contributed by atoms with Crippen LogP contribution in [0.3, 0.4) is 0 Å². The number of carbonyl (C=O) groups is 1. The number of ether oxygens (including phenoxy) is 1. The van der Waals surface area contributed by atoms with Crippen LogP contribution in [0.4, 0.5) is 0 Å². The molecule has 0 spiro atoms. The van der Waals surface area contributed by atoms with Crippen molar-refractivity contribution in [2.75, 3.05) is 7.11 Å². The molecule has 5 heteroatoms. The maximum Gasteiger partial charge on any atom is 0.348 e. The molecule has 0 aromatic carbocycles. The van der Waals surface area contributed by atoms with Crippen LogP contribution in [0.1, 0.15) is 25.9 Å². The Hall–Kier alpha value is -1.62. The summed E-state index contributed by atoms with van der Waals surface area (Å²) in [6.07, 6.45) is 0. The van der Waals surface area contributed by atoms with Crippen LogP contribution >= 0.6 is 11.3 Å². The van der Waals surface area contributed by atoms with Gasteiger partial charge in [-0.3, -0.25) is 4.68 Å². The highest BCUT2D eigenvalue weighted by Gasteiger charge is 2.10. The molecule has 2 heterocycles. The number of methoxy groups -OCH3 is 1. The molecule has 90 valence electrons. The van der Waals surface area contributed by atoms with Crippen molar-refractivity contribution >= 4 is 17.3 Å². The number of aromatic nitrogens is 2. The van der Waals surface area contributed by atoms with E-state index in [4.69, 9.17) is 0 Å². The molecule has 2 rings (SSSR count). The zero-order valence-corrected chi connectivity index (χ0v) is 10.9. The van der Waals surface area contributed by atoms with Crippen molar-refractivity contribution in [3.63, 3.8) is 0 Å². The molecule has 2 aromatic rings. The highest BCUT2D eigenvalue weighted by Crippen LogP contribution is 2.19. The average Bonchev–Trinajstić information content (AvgIpc) is 2.86. The minimum absolute atomic E-state index is 0.283. The molecule has 0 bridgehead atoms. The van der Waals surface area contributed by atoms with E-state index in [1.54, 1.807) is 6.07 Å². The van der Waals surface area contributed by atoms with Gasteiger partial charge >= 0.3 is 5.97 Å². The summed E-state index contributed by atoms with van der Waals surface area (Å²) in [7, 11) is 1.39. The van der Waals surface area contributed by atoms with Crippen LogP contribution in [0.2, 0.25) is 0 Å². The lowest BCUT2D eigenvalue weighted by Gasteiger charge is -2.01. The molecular weight excluding hydrogens is 236 g/mol. The zero-order valence-electron chi connectivity index (χ0n) is 10.1. The number of carbonyl (C=O) groups excluding carboxylic acids is 1. The first-order chi connectivity index (χ1) is 8.10. The van der Waals surface area contributed by atoms with Crippen LogP contribution in [0.15, 0.2) is 18.2 Å². The average molecular weight is 250 g/mol. The molecule has 0 radical (unpaired) electrons. The van der Waals surface area contributed by atoms with Crippen molar-refractivity contribution in [3.8, 4) is 0 Å². The van der Waals surface area contributed by atoms with E-state index < -0.39 is 0 Å². The van der Waals surface area contributed by atoms with Crippen LogP contribution < -0.4 is 0 Å². The van der Waals surface area contributed by atoms with Gasteiger partial charge in [-0.25, -0.2) is 4.79 Å². The van der Waals surface area contributed by atoms with Crippen LogP contribution in [0.5, 0.6) is 0 Å². The van der Waals surface area contributed by atoms with Gasteiger partial charge in [-0.15, -0.1) is 11.3 Å². The molecule has 0 fully saturated rings. The summed E-state index contributed by atoms with van der Waals surface area (Å²) < 4.78 is 6.61. The molecule has 2 aromatic heterocycles. The smallest absolute Gasteiger partial charge is 0.348 e. The van der Waals surface area contributed by atoms with E-state index in [0.717, 1.165) is 16.3 Å². The van der Waals surface area contributed by atoms with Gasteiger partial charge in [0, 0.05) is 10.6 Å². The van der Waals surface area contributed by atoms with Crippen LogP contribution in [-0.4, -0.2) is 22.9 Å². The Kier molecular flexibility index (Phi) is 3.28. The maximum atomic E-state index is 11.3. The van der Waals surface area contributed by atoms with Gasteiger partial charge in [0.05, 0.1) is 19.3 Å². The second kappa shape index (κ2) is 4.71. The van der Waals surface area contributed by atoms with Gasteiger partial charge in [0.15, 0.2) is 0 Å². The largest absolute Gasteiger partial charge is 0.465 e. The van der Waals surface area contributed by atoms with E-state index in [0.29, 0.717) is 11.4 Å². The topological polar surface area (TPSA) is 44.1 Å². The third kappa shape index (κ3) is 2.55. The van der Waals surface area contributed by atoms with Crippen molar-refractivity contribution < 1.29 is 9.53 Å². The van der Waals surface area contributed by atoms with Gasteiger partial charge in [0.2, 0.25) is 0 Å². The second-order valence-electron chi connectivity index (χ2n) is 3.84.